The zero-order valence-corrected chi connectivity index (χ0v) is 13.8. The van der Waals surface area contributed by atoms with Gasteiger partial charge in [0, 0.05) is 37.9 Å². The van der Waals surface area contributed by atoms with Crippen LogP contribution in [-0.4, -0.2) is 37.0 Å². The summed E-state index contributed by atoms with van der Waals surface area (Å²) in [4.78, 5) is 25.4. The first-order valence-electron chi connectivity index (χ1n) is 8.04. The molecule has 0 unspecified atom stereocenters. The van der Waals surface area contributed by atoms with Gasteiger partial charge >= 0.3 is 5.97 Å². The lowest BCUT2D eigenvalue weighted by Crippen LogP contribution is -2.37. The summed E-state index contributed by atoms with van der Waals surface area (Å²) in [5, 5.41) is 0.569. The van der Waals surface area contributed by atoms with Crippen LogP contribution in [0.15, 0.2) is 22.6 Å². The van der Waals surface area contributed by atoms with Crippen LogP contribution in [0.1, 0.15) is 35.9 Å². The maximum atomic E-state index is 13.4. The quantitative estimate of drug-likeness (QED) is 0.810. The Morgan fingerprint density at radius 3 is 2.67 bits per heavy atom. The SMILES string of the molecule is COC(=O)c1c(CC2CCN(C(C)=O)CC2)oc2cc(F)ccc12. The number of methoxy groups -OCH3 is 1. The average molecular weight is 333 g/mol. The molecule has 2 aromatic rings. The summed E-state index contributed by atoms with van der Waals surface area (Å²) in [6.07, 6.45) is 2.28. The second-order valence-corrected chi connectivity index (χ2v) is 6.19. The normalized spacial score (nSPS) is 15.7. The number of carbonyl (C=O) groups excluding carboxylic acids is 2. The van der Waals surface area contributed by atoms with Gasteiger partial charge in [0.2, 0.25) is 5.91 Å². The lowest BCUT2D eigenvalue weighted by Gasteiger charge is -2.30. The van der Waals surface area contributed by atoms with Crippen LogP contribution in [0.25, 0.3) is 11.0 Å². The lowest BCUT2D eigenvalue weighted by atomic mass is 9.91. The summed E-state index contributed by atoms with van der Waals surface area (Å²) in [7, 11) is 1.32. The maximum absolute atomic E-state index is 13.4. The predicted octanol–water partition coefficient (Wildman–Crippen LogP) is 3.16. The molecule has 0 N–H and O–H groups in total. The third kappa shape index (κ3) is 3.13. The van der Waals surface area contributed by atoms with E-state index in [0.717, 1.165) is 12.8 Å². The van der Waals surface area contributed by atoms with E-state index in [1.54, 1.807) is 13.0 Å². The average Bonchev–Trinajstić information content (AvgIpc) is 2.91. The van der Waals surface area contributed by atoms with Crippen LogP contribution in [0.4, 0.5) is 4.39 Å². The topological polar surface area (TPSA) is 59.8 Å². The Bertz CT molecular complexity index is 775. The molecule has 24 heavy (non-hydrogen) atoms. The minimum atomic E-state index is -0.475. The van der Waals surface area contributed by atoms with Crippen molar-refractivity contribution in [2.75, 3.05) is 20.2 Å². The number of esters is 1. The van der Waals surface area contributed by atoms with Crippen LogP contribution < -0.4 is 0 Å². The minimum Gasteiger partial charge on any atom is -0.465 e. The van der Waals surface area contributed by atoms with Gasteiger partial charge in [-0.15, -0.1) is 0 Å². The van der Waals surface area contributed by atoms with Crippen molar-refractivity contribution in [3.05, 3.63) is 35.3 Å². The molecule has 0 saturated carbocycles. The number of carbonyl (C=O) groups is 2. The van der Waals surface area contributed by atoms with Crippen molar-refractivity contribution in [2.24, 2.45) is 5.92 Å². The number of ether oxygens (including phenoxy) is 1. The van der Waals surface area contributed by atoms with Crippen molar-refractivity contribution in [1.82, 2.24) is 4.90 Å². The molecule has 2 heterocycles. The molecule has 1 fully saturated rings. The third-order valence-electron chi connectivity index (χ3n) is 4.65. The number of hydrogen-bond acceptors (Lipinski definition) is 4. The number of rotatable bonds is 3. The number of likely N-dealkylation sites (tertiary alicyclic amines) is 1. The molecule has 1 aromatic carbocycles. The van der Waals surface area contributed by atoms with Crippen molar-refractivity contribution in [1.29, 1.82) is 0 Å². The van der Waals surface area contributed by atoms with Gasteiger partial charge in [-0.1, -0.05) is 0 Å². The van der Waals surface area contributed by atoms with Crippen LogP contribution in [0.2, 0.25) is 0 Å². The van der Waals surface area contributed by atoms with Crippen LogP contribution in [0.3, 0.4) is 0 Å². The number of piperidine rings is 1. The van der Waals surface area contributed by atoms with Gasteiger partial charge in [-0.25, -0.2) is 9.18 Å². The Kier molecular flexibility index (Phi) is 4.55. The molecule has 0 spiro atoms. The molecule has 1 amide bonds. The highest BCUT2D eigenvalue weighted by Gasteiger charge is 2.27. The van der Waals surface area contributed by atoms with E-state index < -0.39 is 11.8 Å². The fourth-order valence-electron chi connectivity index (χ4n) is 3.30. The molecule has 3 rings (SSSR count). The molecule has 0 aliphatic carbocycles. The highest BCUT2D eigenvalue weighted by molar-refractivity contribution is 6.04. The van der Waals surface area contributed by atoms with Gasteiger partial charge in [-0.3, -0.25) is 4.79 Å². The molecule has 0 atom stereocenters. The smallest absolute Gasteiger partial charge is 0.342 e. The first-order valence-corrected chi connectivity index (χ1v) is 8.04. The van der Waals surface area contributed by atoms with E-state index in [0.29, 0.717) is 47.7 Å². The first-order chi connectivity index (χ1) is 11.5. The standard InChI is InChI=1S/C18H20FNO4/c1-11(21)20-7-5-12(6-8-20)9-16-17(18(22)23-2)14-4-3-13(19)10-15(14)24-16/h3-4,10,12H,5-9H2,1-2H3. The highest BCUT2D eigenvalue weighted by atomic mass is 19.1. The van der Waals surface area contributed by atoms with Gasteiger partial charge in [-0.05, 0) is 30.9 Å². The van der Waals surface area contributed by atoms with Crippen molar-refractivity contribution < 1.29 is 23.1 Å². The molecule has 1 aliphatic rings. The molecular weight excluding hydrogens is 313 g/mol. The third-order valence-corrected chi connectivity index (χ3v) is 4.65. The van der Waals surface area contributed by atoms with Crippen LogP contribution in [0.5, 0.6) is 0 Å². The molecular formula is C18H20FNO4. The second-order valence-electron chi connectivity index (χ2n) is 6.19. The van der Waals surface area contributed by atoms with Gasteiger partial charge in [0.25, 0.3) is 0 Å². The van der Waals surface area contributed by atoms with Crippen molar-refractivity contribution in [3.8, 4) is 0 Å². The predicted molar refractivity (Wildman–Crippen MR) is 86.2 cm³/mol. The highest BCUT2D eigenvalue weighted by Crippen LogP contribution is 2.31. The number of amides is 1. The number of nitrogens with zero attached hydrogens (tertiary/aromatic N) is 1. The van der Waals surface area contributed by atoms with E-state index in [-0.39, 0.29) is 5.91 Å². The Morgan fingerprint density at radius 2 is 2.04 bits per heavy atom. The summed E-state index contributed by atoms with van der Waals surface area (Å²) in [6.45, 7) is 2.99. The summed E-state index contributed by atoms with van der Waals surface area (Å²) in [6, 6.07) is 4.13. The fourth-order valence-corrected chi connectivity index (χ4v) is 3.30. The zero-order chi connectivity index (χ0) is 17.3. The summed E-state index contributed by atoms with van der Waals surface area (Å²) >= 11 is 0. The summed E-state index contributed by atoms with van der Waals surface area (Å²) in [5.74, 6) is 0.0477. The van der Waals surface area contributed by atoms with E-state index in [9.17, 15) is 14.0 Å². The van der Waals surface area contributed by atoms with E-state index in [1.807, 2.05) is 4.90 Å². The fraction of sp³-hybridized carbons (Fsp3) is 0.444. The summed E-state index contributed by atoms with van der Waals surface area (Å²) < 4.78 is 24.0. The van der Waals surface area contributed by atoms with Crippen molar-refractivity contribution >= 4 is 22.8 Å². The molecule has 128 valence electrons. The lowest BCUT2D eigenvalue weighted by molar-refractivity contribution is -0.130. The van der Waals surface area contributed by atoms with E-state index in [4.69, 9.17) is 9.15 Å². The number of benzene rings is 1. The largest absolute Gasteiger partial charge is 0.465 e. The Labute approximate surface area is 139 Å². The maximum Gasteiger partial charge on any atom is 0.342 e. The molecule has 5 nitrogen and oxygen atoms in total. The molecule has 6 heteroatoms. The second kappa shape index (κ2) is 6.63. The monoisotopic (exact) mass is 333 g/mol. The number of hydrogen-bond donors (Lipinski definition) is 0. The van der Waals surface area contributed by atoms with Crippen LogP contribution in [0, 0.1) is 11.7 Å². The minimum absolute atomic E-state index is 0.0860. The van der Waals surface area contributed by atoms with Gasteiger partial charge in [-0.2, -0.15) is 0 Å². The first kappa shape index (κ1) is 16.5. The Morgan fingerprint density at radius 1 is 1.33 bits per heavy atom. The van der Waals surface area contributed by atoms with Gasteiger partial charge in [0.05, 0.1) is 7.11 Å². The van der Waals surface area contributed by atoms with Crippen molar-refractivity contribution in [3.63, 3.8) is 0 Å². The van der Waals surface area contributed by atoms with Gasteiger partial charge < -0.3 is 14.1 Å². The molecule has 1 aromatic heterocycles. The summed E-state index contributed by atoms with van der Waals surface area (Å²) in [5.41, 5.74) is 0.730. The van der Waals surface area contributed by atoms with Crippen molar-refractivity contribution in [2.45, 2.75) is 26.2 Å². The zero-order valence-electron chi connectivity index (χ0n) is 13.8. The number of halogens is 1. The van der Waals surface area contributed by atoms with E-state index in [1.165, 1.54) is 19.2 Å². The van der Waals surface area contributed by atoms with Crippen LogP contribution in [-0.2, 0) is 16.0 Å². The molecule has 0 radical (unpaired) electrons. The van der Waals surface area contributed by atoms with Crippen LogP contribution >= 0.6 is 0 Å². The van der Waals surface area contributed by atoms with E-state index in [2.05, 4.69) is 0 Å². The van der Waals surface area contributed by atoms with Gasteiger partial charge in [0.15, 0.2) is 0 Å². The molecule has 0 bridgehead atoms. The van der Waals surface area contributed by atoms with Gasteiger partial charge in [0.1, 0.15) is 22.7 Å². The molecule has 1 aliphatic heterocycles. The number of fused-ring (bicyclic) bond motifs is 1. The number of furan rings is 1. The Balaban J connectivity index is 1.86. The Hall–Kier alpha value is -2.37. The molecule has 1 saturated heterocycles. The van der Waals surface area contributed by atoms with E-state index >= 15 is 0 Å².